The number of anilines is 2. The summed E-state index contributed by atoms with van der Waals surface area (Å²) in [5, 5.41) is 10.7. The number of aromatic nitrogens is 3. The summed E-state index contributed by atoms with van der Waals surface area (Å²) in [5.74, 6) is -0.748. The molecule has 1 amide bonds. The quantitative estimate of drug-likeness (QED) is 0.389. The van der Waals surface area contributed by atoms with Crippen LogP contribution < -0.4 is 11.1 Å². The fourth-order valence-corrected chi connectivity index (χ4v) is 3.12. The molecule has 2 aromatic heterocycles. The van der Waals surface area contributed by atoms with Crippen LogP contribution in [0.4, 0.5) is 11.8 Å². The summed E-state index contributed by atoms with van der Waals surface area (Å²) in [6.45, 7) is 6.33. The van der Waals surface area contributed by atoms with Gasteiger partial charge in [0.1, 0.15) is 17.9 Å². The third-order valence-corrected chi connectivity index (χ3v) is 4.34. The number of hydrogen-bond donors (Lipinski definition) is 2. The number of esters is 1. The lowest BCUT2D eigenvalue weighted by Crippen LogP contribution is -2.22. The molecule has 27 heavy (non-hydrogen) atoms. The summed E-state index contributed by atoms with van der Waals surface area (Å²) in [6, 6.07) is 0. The first-order valence-electron chi connectivity index (χ1n) is 8.22. The van der Waals surface area contributed by atoms with Crippen molar-refractivity contribution in [2.24, 2.45) is 0 Å². The molecule has 2 heterocycles. The monoisotopic (exact) mass is 395 g/mol. The first-order valence-corrected chi connectivity index (χ1v) is 9.21. The van der Waals surface area contributed by atoms with Crippen LogP contribution in [0, 0.1) is 6.92 Å². The van der Waals surface area contributed by atoms with E-state index in [-0.39, 0.29) is 47.7 Å². The molecule has 0 spiro atoms. The van der Waals surface area contributed by atoms with Gasteiger partial charge in [0.25, 0.3) is 0 Å². The van der Waals surface area contributed by atoms with E-state index in [2.05, 4.69) is 15.5 Å². The third kappa shape index (κ3) is 4.48. The van der Waals surface area contributed by atoms with E-state index in [9.17, 15) is 14.4 Å². The van der Waals surface area contributed by atoms with E-state index in [0.717, 1.165) is 5.75 Å². The zero-order valence-corrected chi connectivity index (χ0v) is 16.3. The maximum Gasteiger partial charge on any atom is 0.344 e. The van der Waals surface area contributed by atoms with Gasteiger partial charge in [-0.25, -0.2) is 4.79 Å². The van der Waals surface area contributed by atoms with E-state index in [4.69, 9.17) is 14.9 Å². The molecule has 0 saturated heterocycles. The van der Waals surface area contributed by atoms with Gasteiger partial charge >= 0.3 is 5.97 Å². The van der Waals surface area contributed by atoms with Crippen molar-refractivity contribution < 1.29 is 23.5 Å². The van der Waals surface area contributed by atoms with Crippen LogP contribution in [0.2, 0.25) is 0 Å². The standard InChI is InChI=1S/C16H21N5O5S/c1-5-25-14(24)12-11(8(3)22)9(4)26-13(12)18-10(23)7-21-15(17)19-20-16(21)27-6-2/h5-7H2,1-4H3,(H2,17,19)(H,18,23). The number of amides is 1. The molecule has 2 aromatic rings. The lowest BCUT2D eigenvalue weighted by atomic mass is 10.1. The number of nitrogens with zero attached hydrogens (tertiary/aromatic N) is 3. The fraction of sp³-hybridized carbons (Fsp3) is 0.438. The molecule has 0 radical (unpaired) electrons. The van der Waals surface area contributed by atoms with Gasteiger partial charge in [0.2, 0.25) is 17.7 Å². The van der Waals surface area contributed by atoms with Crippen LogP contribution >= 0.6 is 11.8 Å². The molecule has 0 saturated carbocycles. The molecule has 3 N–H and O–H groups in total. The largest absolute Gasteiger partial charge is 0.462 e. The van der Waals surface area contributed by atoms with Crippen molar-refractivity contribution in [3.05, 3.63) is 16.9 Å². The minimum absolute atomic E-state index is 0.0785. The number of furan rings is 1. The van der Waals surface area contributed by atoms with Gasteiger partial charge in [-0.2, -0.15) is 0 Å². The van der Waals surface area contributed by atoms with Crippen LogP contribution in [0.5, 0.6) is 0 Å². The normalized spacial score (nSPS) is 10.7. The van der Waals surface area contributed by atoms with E-state index < -0.39 is 11.9 Å². The Labute approximate surface area is 159 Å². The van der Waals surface area contributed by atoms with Crippen LogP contribution in [0.25, 0.3) is 0 Å². The Morgan fingerprint density at radius 2 is 1.96 bits per heavy atom. The maximum absolute atomic E-state index is 12.5. The number of ketones is 1. The Bertz CT molecular complexity index is 873. The first-order chi connectivity index (χ1) is 12.8. The summed E-state index contributed by atoms with van der Waals surface area (Å²) in [4.78, 5) is 36.6. The predicted octanol–water partition coefficient (Wildman–Crippen LogP) is 1.89. The van der Waals surface area contributed by atoms with Gasteiger partial charge in [0.15, 0.2) is 10.9 Å². The number of hydrogen-bond acceptors (Lipinski definition) is 9. The SMILES string of the molecule is CCOC(=O)c1c(NC(=O)Cn2c(N)nnc2SCC)oc(C)c1C(C)=O. The fourth-order valence-electron chi connectivity index (χ4n) is 2.45. The van der Waals surface area contributed by atoms with Crippen LogP contribution in [-0.2, 0) is 16.1 Å². The highest BCUT2D eigenvalue weighted by Gasteiger charge is 2.29. The minimum atomic E-state index is -0.749. The highest BCUT2D eigenvalue weighted by Crippen LogP contribution is 2.29. The van der Waals surface area contributed by atoms with Crippen LogP contribution in [-0.4, -0.2) is 44.8 Å². The number of ether oxygens (including phenoxy) is 1. The average molecular weight is 395 g/mol. The van der Waals surface area contributed by atoms with E-state index in [1.54, 1.807) is 6.92 Å². The summed E-state index contributed by atoms with van der Waals surface area (Å²) in [5.41, 5.74) is 5.73. The number of nitrogens with two attached hydrogens (primary N) is 1. The van der Waals surface area contributed by atoms with Gasteiger partial charge in [0.05, 0.1) is 12.2 Å². The maximum atomic E-state index is 12.5. The number of aryl methyl sites for hydroxylation is 1. The Morgan fingerprint density at radius 1 is 1.26 bits per heavy atom. The number of thioether (sulfide) groups is 1. The number of nitrogen functional groups attached to an aromatic ring is 1. The topological polar surface area (TPSA) is 142 Å². The predicted molar refractivity (Wildman–Crippen MR) is 98.9 cm³/mol. The molecule has 0 aliphatic rings. The second kappa shape index (κ2) is 8.71. The van der Waals surface area contributed by atoms with Gasteiger partial charge < -0.3 is 14.9 Å². The highest BCUT2D eigenvalue weighted by atomic mass is 32.2. The van der Waals surface area contributed by atoms with Crippen molar-refractivity contribution in [2.45, 2.75) is 39.4 Å². The van der Waals surface area contributed by atoms with E-state index in [1.807, 2.05) is 6.92 Å². The number of carbonyl (C=O) groups is 3. The number of nitrogens with one attached hydrogen (secondary N) is 1. The van der Waals surface area contributed by atoms with Gasteiger partial charge in [-0.3, -0.25) is 19.5 Å². The molecule has 11 heteroatoms. The smallest absolute Gasteiger partial charge is 0.344 e. The van der Waals surface area contributed by atoms with E-state index in [0.29, 0.717) is 5.16 Å². The van der Waals surface area contributed by atoms with Crippen molar-refractivity contribution in [1.82, 2.24) is 14.8 Å². The summed E-state index contributed by atoms with van der Waals surface area (Å²) in [7, 11) is 0. The first kappa shape index (κ1) is 20.5. The Hall–Kier alpha value is -2.82. The molecule has 2 rings (SSSR count). The lowest BCUT2D eigenvalue weighted by molar-refractivity contribution is -0.116. The van der Waals surface area contributed by atoms with E-state index >= 15 is 0 Å². The Morgan fingerprint density at radius 3 is 2.56 bits per heavy atom. The van der Waals surface area contributed by atoms with Crippen LogP contribution in [0.15, 0.2) is 9.57 Å². The van der Waals surface area contributed by atoms with Crippen molar-refractivity contribution >= 4 is 41.3 Å². The second-order valence-corrected chi connectivity index (χ2v) is 6.65. The van der Waals surface area contributed by atoms with Crippen molar-refractivity contribution in [1.29, 1.82) is 0 Å². The molecule has 0 aliphatic carbocycles. The average Bonchev–Trinajstić information content (AvgIpc) is 3.09. The van der Waals surface area contributed by atoms with Crippen molar-refractivity contribution in [3.63, 3.8) is 0 Å². The molecular formula is C16H21N5O5S. The summed E-state index contributed by atoms with van der Waals surface area (Å²) >= 11 is 1.38. The zero-order chi connectivity index (χ0) is 20.1. The van der Waals surface area contributed by atoms with Crippen LogP contribution in [0.1, 0.15) is 47.2 Å². The summed E-state index contributed by atoms with van der Waals surface area (Å²) in [6.07, 6.45) is 0. The zero-order valence-electron chi connectivity index (χ0n) is 15.5. The number of rotatable bonds is 8. The molecule has 0 fully saturated rings. The molecular weight excluding hydrogens is 374 g/mol. The lowest BCUT2D eigenvalue weighted by Gasteiger charge is -2.08. The third-order valence-electron chi connectivity index (χ3n) is 3.49. The van der Waals surface area contributed by atoms with Gasteiger partial charge in [0, 0.05) is 0 Å². The van der Waals surface area contributed by atoms with Gasteiger partial charge in [-0.1, -0.05) is 18.7 Å². The van der Waals surface area contributed by atoms with Gasteiger partial charge in [-0.15, -0.1) is 10.2 Å². The molecule has 0 unspecified atom stereocenters. The molecule has 10 nitrogen and oxygen atoms in total. The molecule has 0 bridgehead atoms. The van der Waals surface area contributed by atoms with Crippen LogP contribution in [0.3, 0.4) is 0 Å². The molecule has 0 atom stereocenters. The van der Waals surface area contributed by atoms with Crippen molar-refractivity contribution in [2.75, 3.05) is 23.4 Å². The number of carbonyl (C=O) groups excluding carboxylic acids is 3. The minimum Gasteiger partial charge on any atom is -0.462 e. The van der Waals surface area contributed by atoms with Crippen molar-refractivity contribution in [3.8, 4) is 0 Å². The van der Waals surface area contributed by atoms with E-state index in [1.165, 1.54) is 30.2 Å². The summed E-state index contributed by atoms with van der Waals surface area (Å²) < 4.78 is 11.9. The molecule has 0 aliphatic heterocycles. The Balaban J connectivity index is 2.30. The number of Topliss-reactive ketones (excluding diaryl/α,β-unsaturated/α-hetero) is 1. The van der Waals surface area contributed by atoms with Gasteiger partial charge in [-0.05, 0) is 26.5 Å². The second-order valence-electron chi connectivity index (χ2n) is 5.42. The Kier molecular flexibility index (Phi) is 6.61. The molecule has 146 valence electrons. The molecule has 0 aromatic carbocycles. The highest BCUT2D eigenvalue weighted by molar-refractivity contribution is 7.99.